The molecule has 2 aliphatic rings. The number of benzene rings is 2. The van der Waals surface area contributed by atoms with Gasteiger partial charge in [0.05, 0.1) is 5.71 Å². The van der Waals surface area contributed by atoms with Crippen molar-refractivity contribution >= 4 is 46.9 Å². The summed E-state index contributed by atoms with van der Waals surface area (Å²) < 4.78 is 0. The molecule has 0 bridgehead atoms. The zero-order valence-electron chi connectivity index (χ0n) is 19.4. The monoisotopic (exact) mass is 465 g/mol. The van der Waals surface area contributed by atoms with Gasteiger partial charge in [-0.1, -0.05) is 36.9 Å². The summed E-state index contributed by atoms with van der Waals surface area (Å²) >= 11 is 0. The minimum absolute atomic E-state index is 0.171. The van der Waals surface area contributed by atoms with E-state index in [1.165, 1.54) is 6.08 Å². The number of carbonyl (C=O) groups is 2. The van der Waals surface area contributed by atoms with Crippen LogP contribution in [0, 0.1) is 0 Å². The van der Waals surface area contributed by atoms with Gasteiger partial charge in [-0.15, -0.1) is 0 Å². The first kappa shape index (κ1) is 23.6. The largest absolute Gasteiger partial charge is 0.366 e. The summed E-state index contributed by atoms with van der Waals surface area (Å²) in [6, 6.07) is 15.4. The lowest BCUT2D eigenvalue weighted by atomic mass is 9.92. The number of rotatable bonds is 8. The maximum absolute atomic E-state index is 12.0. The lowest BCUT2D eigenvalue weighted by Crippen LogP contribution is -2.23. The molecule has 35 heavy (non-hydrogen) atoms. The molecule has 1 heterocycles. The number of amides is 2. The molecule has 7 heteroatoms. The Labute approximate surface area is 205 Å². The van der Waals surface area contributed by atoms with E-state index in [-0.39, 0.29) is 11.8 Å². The smallest absolute Gasteiger partial charge is 0.247 e. The molecule has 0 aromatic heterocycles. The van der Waals surface area contributed by atoms with Crippen LogP contribution in [-0.4, -0.2) is 37.5 Å². The third-order valence-corrected chi connectivity index (χ3v) is 5.70. The second-order valence-electron chi connectivity index (χ2n) is 8.02. The highest BCUT2D eigenvalue weighted by atomic mass is 16.2. The first-order valence-electron chi connectivity index (χ1n) is 11.4. The van der Waals surface area contributed by atoms with Crippen LogP contribution in [-0.2, 0) is 9.59 Å². The topological polar surface area (TPSA) is 86.2 Å². The number of nitrogens with zero attached hydrogens (tertiary/aromatic N) is 3. The van der Waals surface area contributed by atoms with Crippen molar-refractivity contribution in [2.45, 2.75) is 12.8 Å². The third kappa shape index (κ3) is 5.70. The molecule has 1 aliphatic heterocycles. The molecule has 0 radical (unpaired) electrons. The van der Waals surface area contributed by atoms with Gasteiger partial charge in [-0.3, -0.25) is 19.6 Å². The van der Waals surface area contributed by atoms with E-state index < -0.39 is 0 Å². The van der Waals surface area contributed by atoms with Crippen LogP contribution in [0.1, 0.15) is 18.4 Å². The molecular weight excluding hydrogens is 438 g/mol. The van der Waals surface area contributed by atoms with E-state index in [4.69, 9.17) is 4.99 Å². The van der Waals surface area contributed by atoms with Crippen LogP contribution in [0.15, 0.2) is 101 Å². The van der Waals surface area contributed by atoms with Crippen molar-refractivity contribution in [2.75, 3.05) is 28.7 Å². The fourth-order valence-electron chi connectivity index (χ4n) is 4.02. The first-order chi connectivity index (χ1) is 17.1. The Morgan fingerprint density at radius 1 is 1.14 bits per heavy atom. The molecule has 2 aromatic carbocycles. The minimum Gasteiger partial charge on any atom is -0.366 e. The number of aliphatic imine (C=N–C) groups is 2. The van der Waals surface area contributed by atoms with Gasteiger partial charge in [0, 0.05) is 47.4 Å². The summed E-state index contributed by atoms with van der Waals surface area (Å²) in [6.45, 7) is 8.19. The Balaban J connectivity index is 1.53. The summed E-state index contributed by atoms with van der Waals surface area (Å²) in [5, 5.41) is 6.11. The molecule has 1 fully saturated rings. The maximum Gasteiger partial charge on any atom is 0.247 e. The molecule has 0 atom stereocenters. The lowest BCUT2D eigenvalue weighted by molar-refractivity contribution is -0.117. The van der Waals surface area contributed by atoms with Crippen LogP contribution in [0.25, 0.3) is 5.57 Å². The van der Waals surface area contributed by atoms with E-state index in [2.05, 4.69) is 28.9 Å². The fourth-order valence-corrected chi connectivity index (χ4v) is 4.02. The summed E-state index contributed by atoms with van der Waals surface area (Å²) in [5.74, 6) is -0.0978. The summed E-state index contributed by atoms with van der Waals surface area (Å²) in [5.41, 5.74) is 5.90. The van der Waals surface area contributed by atoms with Gasteiger partial charge in [-0.25, -0.2) is 0 Å². The van der Waals surface area contributed by atoms with Crippen LogP contribution in [0.2, 0.25) is 0 Å². The molecule has 4 rings (SSSR count). The number of carbonyl (C=O) groups excluding carboxylic acids is 2. The van der Waals surface area contributed by atoms with Crippen LogP contribution in [0.5, 0.6) is 0 Å². The Hall–Kier alpha value is -4.52. The van der Waals surface area contributed by atoms with Crippen molar-refractivity contribution in [2.24, 2.45) is 9.98 Å². The van der Waals surface area contributed by atoms with Gasteiger partial charge in [-0.2, -0.15) is 0 Å². The molecule has 0 unspecified atom stereocenters. The molecule has 176 valence electrons. The third-order valence-electron chi connectivity index (χ3n) is 5.70. The number of hydrogen-bond donors (Lipinski definition) is 2. The normalized spacial score (nSPS) is 17.4. The van der Waals surface area contributed by atoms with Gasteiger partial charge in [0.2, 0.25) is 11.8 Å². The van der Waals surface area contributed by atoms with Crippen molar-refractivity contribution in [3.05, 3.63) is 96.8 Å². The molecule has 2 amide bonds. The first-order valence-corrected chi connectivity index (χ1v) is 11.4. The zero-order chi connectivity index (χ0) is 24.6. The van der Waals surface area contributed by atoms with Gasteiger partial charge in [-0.05, 0) is 61.2 Å². The van der Waals surface area contributed by atoms with Gasteiger partial charge >= 0.3 is 0 Å². The average Bonchev–Trinajstić information content (AvgIpc) is 3.31. The van der Waals surface area contributed by atoms with E-state index in [1.807, 2.05) is 71.7 Å². The number of hydrogen-bond acceptors (Lipinski definition) is 5. The van der Waals surface area contributed by atoms with Gasteiger partial charge in [0.25, 0.3) is 0 Å². The molecule has 7 nitrogen and oxygen atoms in total. The van der Waals surface area contributed by atoms with Crippen molar-refractivity contribution in [1.29, 1.82) is 0 Å². The second kappa shape index (κ2) is 11.1. The molecule has 0 spiro atoms. The van der Waals surface area contributed by atoms with Crippen molar-refractivity contribution in [3.63, 3.8) is 0 Å². The second-order valence-corrected chi connectivity index (χ2v) is 8.02. The number of nitrogens with one attached hydrogen (secondary N) is 2. The quantitative estimate of drug-likeness (QED) is 0.426. The average molecular weight is 466 g/mol. The van der Waals surface area contributed by atoms with Crippen LogP contribution in [0.3, 0.4) is 0 Å². The molecular formula is C28H27N5O2. The minimum atomic E-state index is -0.269. The highest BCUT2D eigenvalue weighted by Crippen LogP contribution is 2.27. The predicted molar refractivity (Wildman–Crippen MR) is 144 cm³/mol. The lowest BCUT2D eigenvalue weighted by Gasteiger charge is -2.17. The van der Waals surface area contributed by atoms with Gasteiger partial charge in [0.15, 0.2) is 0 Å². The van der Waals surface area contributed by atoms with Crippen molar-refractivity contribution in [1.82, 2.24) is 0 Å². The van der Waals surface area contributed by atoms with Crippen molar-refractivity contribution < 1.29 is 9.59 Å². The Morgan fingerprint density at radius 2 is 1.97 bits per heavy atom. The maximum atomic E-state index is 12.0. The molecule has 0 saturated carbocycles. The molecule has 1 aliphatic carbocycles. The zero-order valence-corrected chi connectivity index (χ0v) is 19.4. The predicted octanol–water partition coefficient (Wildman–Crippen LogP) is 4.99. The van der Waals surface area contributed by atoms with Crippen molar-refractivity contribution in [3.8, 4) is 0 Å². The number of anilines is 3. The molecule has 2 aromatic rings. The summed E-state index contributed by atoms with van der Waals surface area (Å²) in [4.78, 5) is 34.3. The van der Waals surface area contributed by atoms with E-state index in [9.17, 15) is 9.59 Å². The van der Waals surface area contributed by atoms with Gasteiger partial charge in [0.1, 0.15) is 6.67 Å². The van der Waals surface area contributed by atoms with Gasteiger partial charge < -0.3 is 15.5 Å². The van der Waals surface area contributed by atoms with Crippen LogP contribution < -0.4 is 15.5 Å². The number of allylic oxidation sites excluding steroid dienone is 5. The Kier molecular flexibility index (Phi) is 7.47. The standard InChI is InChI=1S/C28H27N5O2/c1-3-26(34)32-23-9-4-7-20(17-23)25-10-5-8-21(18-29-2)28(25)31-19-30-22-12-14-24(15-13-22)33-16-6-11-27(33)35/h3-5,7-10,12-15,17-18,30H,1-2,6,11,16,19H2,(H,32,34)/b21-18-,31-28?. The summed E-state index contributed by atoms with van der Waals surface area (Å²) in [6.07, 6.45) is 10.3. The van der Waals surface area contributed by atoms with E-state index in [1.54, 1.807) is 6.20 Å². The SMILES string of the molecule is C=CC(=O)Nc1cccc(C2=CC=C/C(=C/N=C)C2=NCNc2ccc(N3CCCC3=O)cc2)c1. The Morgan fingerprint density at radius 3 is 2.69 bits per heavy atom. The summed E-state index contributed by atoms with van der Waals surface area (Å²) in [7, 11) is 0. The van der Waals surface area contributed by atoms with E-state index in [0.29, 0.717) is 18.8 Å². The van der Waals surface area contributed by atoms with Crippen LogP contribution >= 0.6 is 0 Å². The molecule has 1 saturated heterocycles. The van der Waals surface area contributed by atoms with E-state index in [0.717, 1.165) is 46.8 Å². The highest BCUT2D eigenvalue weighted by Gasteiger charge is 2.21. The van der Waals surface area contributed by atoms with Crippen LogP contribution in [0.4, 0.5) is 17.1 Å². The Bertz CT molecular complexity index is 1270. The fraction of sp³-hybridized carbons (Fsp3) is 0.143. The molecule has 2 N–H and O–H groups in total. The highest BCUT2D eigenvalue weighted by molar-refractivity contribution is 6.34. The van der Waals surface area contributed by atoms with E-state index >= 15 is 0 Å².